The summed E-state index contributed by atoms with van der Waals surface area (Å²) in [4.78, 5) is 12.1. The topological polar surface area (TPSA) is 76.1 Å². The molecule has 1 aliphatic rings. The van der Waals surface area contributed by atoms with Crippen LogP contribution in [0.1, 0.15) is 0 Å². The molecule has 6 nitrogen and oxygen atoms in total. The smallest absolute Gasteiger partial charge is 0.244 e. The minimum Gasteiger partial charge on any atom is -0.378 e. The van der Waals surface area contributed by atoms with E-state index in [1.165, 1.54) is 0 Å². The summed E-state index contributed by atoms with van der Waals surface area (Å²) in [5.74, 6) is -0.179. The molecule has 2 heterocycles. The predicted octanol–water partition coefficient (Wildman–Crippen LogP) is 1.27. The van der Waals surface area contributed by atoms with Crippen molar-refractivity contribution in [2.75, 3.05) is 25.1 Å². The second-order valence-corrected chi connectivity index (χ2v) is 5.06. The molecule has 8 heteroatoms. The van der Waals surface area contributed by atoms with Crippen molar-refractivity contribution in [1.29, 1.82) is 0 Å². The molecule has 0 bridgehead atoms. The van der Waals surface area contributed by atoms with Crippen molar-refractivity contribution in [3.8, 4) is 0 Å². The number of hydrogen-bond acceptors (Lipinski definition) is 6. The maximum atomic E-state index is 12.1. The van der Waals surface area contributed by atoms with Gasteiger partial charge < -0.3 is 15.4 Å². The van der Waals surface area contributed by atoms with Gasteiger partial charge in [0.05, 0.1) is 35.7 Å². The van der Waals surface area contributed by atoms with Crippen molar-refractivity contribution in [3.05, 3.63) is 17.2 Å². The summed E-state index contributed by atoms with van der Waals surface area (Å²) in [6, 6.07) is 3.11. The van der Waals surface area contributed by atoms with Crippen molar-refractivity contribution >= 4 is 46.0 Å². The second-order valence-electron chi connectivity index (χ2n) is 4.13. The highest BCUT2D eigenvalue weighted by molar-refractivity contribution is 7.00. The Hall–Kier alpha value is -1.28. The van der Waals surface area contributed by atoms with Gasteiger partial charge in [0.1, 0.15) is 17.1 Å². The summed E-state index contributed by atoms with van der Waals surface area (Å²) in [6.45, 7) is 1.64. The molecule has 1 amide bonds. The Balaban J connectivity index is 1.86. The fourth-order valence-electron chi connectivity index (χ4n) is 1.89. The molecule has 2 N–H and O–H groups in total. The van der Waals surface area contributed by atoms with Crippen LogP contribution >= 0.6 is 23.3 Å². The largest absolute Gasteiger partial charge is 0.378 e. The Morgan fingerprint density at radius 2 is 2.42 bits per heavy atom. The number of nitrogens with zero attached hydrogens (tertiary/aromatic N) is 2. The monoisotopic (exact) mass is 298 g/mol. The summed E-state index contributed by atoms with van der Waals surface area (Å²) in [5, 5.41) is 6.34. The molecule has 0 spiro atoms. The SMILES string of the molecule is O=C(Nc1c(Cl)ccc2nsnc12)C1COCCN1. The predicted molar refractivity (Wildman–Crippen MR) is 73.7 cm³/mol. The third kappa shape index (κ3) is 2.55. The average Bonchev–Trinajstić information content (AvgIpc) is 2.91. The lowest BCUT2D eigenvalue weighted by molar-refractivity contribution is -0.120. The van der Waals surface area contributed by atoms with E-state index in [1.807, 2.05) is 0 Å². The molecule has 3 rings (SSSR count). The van der Waals surface area contributed by atoms with E-state index in [0.29, 0.717) is 36.0 Å². The maximum absolute atomic E-state index is 12.1. The Bertz CT molecular complexity index is 612. The molecule has 19 heavy (non-hydrogen) atoms. The van der Waals surface area contributed by atoms with Crippen LogP contribution in [0.2, 0.25) is 5.02 Å². The molecule has 1 aromatic carbocycles. The lowest BCUT2D eigenvalue weighted by Crippen LogP contribution is -2.48. The van der Waals surface area contributed by atoms with E-state index in [4.69, 9.17) is 16.3 Å². The minimum absolute atomic E-state index is 0.179. The van der Waals surface area contributed by atoms with Gasteiger partial charge in [-0.1, -0.05) is 11.6 Å². The number of nitrogens with one attached hydrogen (secondary N) is 2. The van der Waals surface area contributed by atoms with Gasteiger partial charge in [0.25, 0.3) is 0 Å². The first-order chi connectivity index (χ1) is 9.25. The number of carbonyl (C=O) groups excluding carboxylic acids is 1. The number of anilines is 1. The molecule has 0 saturated carbocycles. The number of ether oxygens (including phenoxy) is 1. The standard InChI is InChI=1S/C11H11ClN4O2S/c12-6-1-2-7-10(16-19-15-7)9(6)14-11(17)8-5-18-4-3-13-8/h1-2,8,13H,3-5H2,(H,14,17). The quantitative estimate of drug-likeness (QED) is 0.873. The number of halogens is 1. The summed E-state index contributed by atoms with van der Waals surface area (Å²) in [6.07, 6.45) is 0. The van der Waals surface area contributed by atoms with Crippen molar-refractivity contribution in [3.63, 3.8) is 0 Å². The van der Waals surface area contributed by atoms with Crippen LogP contribution in [0, 0.1) is 0 Å². The molecule has 1 aromatic heterocycles. The highest BCUT2D eigenvalue weighted by Crippen LogP contribution is 2.29. The molecule has 100 valence electrons. The lowest BCUT2D eigenvalue weighted by Gasteiger charge is -2.23. The van der Waals surface area contributed by atoms with Crippen LogP contribution in [0.3, 0.4) is 0 Å². The Morgan fingerprint density at radius 1 is 1.53 bits per heavy atom. The summed E-state index contributed by atoms with van der Waals surface area (Å²) in [7, 11) is 0. The van der Waals surface area contributed by atoms with E-state index in [-0.39, 0.29) is 11.9 Å². The van der Waals surface area contributed by atoms with E-state index >= 15 is 0 Å². The van der Waals surface area contributed by atoms with Crippen molar-refractivity contribution in [2.24, 2.45) is 0 Å². The van der Waals surface area contributed by atoms with Crippen LogP contribution in [0.4, 0.5) is 5.69 Å². The van der Waals surface area contributed by atoms with Gasteiger partial charge in [0, 0.05) is 6.54 Å². The van der Waals surface area contributed by atoms with Crippen LogP contribution in [-0.2, 0) is 9.53 Å². The van der Waals surface area contributed by atoms with Crippen LogP contribution in [0.25, 0.3) is 11.0 Å². The number of morpholine rings is 1. The van der Waals surface area contributed by atoms with E-state index < -0.39 is 0 Å². The molecule has 2 aromatic rings. The normalized spacial score (nSPS) is 19.5. The summed E-state index contributed by atoms with van der Waals surface area (Å²) in [5.41, 5.74) is 1.84. The van der Waals surface area contributed by atoms with Gasteiger partial charge in [-0.15, -0.1) is 0 Å². The zero-order valence-corrected chi connectivity index (χ0v) is 11.4. The molecule has 1 saturated heterocycles. The van der Waals surface area contributed by atoms with Crippen LogP contribution in [0.15, 0.2) is 12.1 Å². The van der Waals surface area contributed by atoms with E-state index in [1.54, 1.807) is 12.1 Å². The summed E-state index contributed by atoms with van der Waals surface area (Å²) >= 11 is 7.20. The molecule has 1 aliphatic heterocycles. The molecule has 1 fully saturated rings. The number of fused-ring (bicyclic) bond motifs is 1. The molecular formula is C11H11ClN4O2S. The fraction of sp³-hybridized carbons (Fsp3) is 0.364. The number of amides is 1. The van der Waals surface area contributed by atoms with Crippen molar-refractivity contribution < 1.29 is 9.53 Å². The second kappa shape index (κ2) is 5.38. The first kappa shape index (κ1) is 12.7. The first-order valence-electron chi connectivity index (χ1n) is 5.78. The zero-order chi connectivity index (χ0) is 13.2. The van der Waals surface area contributed by atoms with Gasteiger partial charge in [0.15, 0.2) is 0 Å². The first-order valence-corrected chi connectivity index (χ1v) is 6.89. The molecule has 0 aliphatic carbocycles. The van der Waals surface area contributed by atoms with Crippen LogP contribution in [-0.4, -0.2) is 40.5 Å². The van der Waals surface area contributed by atoms with Gasteiger partial charge >= 0.3 is 0 Å². The number of aromatic nitrogens is 2. The summed E-state index contributed by atoms with van der Waals surface area (Å²) < 4.78 is 13.5. The van der Waals surface area contributed by atoms with E-state index in [2.05, 4.69) is 19.4 Å². The molecule has 1 atom stereocenters. The van der Waals surface area contributed by atoms with Gasteiger partial charge in [-0.05, 0) is 12.1 Å². The lowest BCUT2D eigenvalue weighted by atomic mass is 10.2. The van der Waals surface area contributed by atoms with Gasteiger partial charge in [-0.3, -0.25) is 4.79 Å². The third-order valence-corrected chi connectivity index (χ3v) is 3.72. The van der Waals surface area contributed by atoms with Gasteiger partial charge in [-0.2, -0.15) is 8.75 Å². The fourth-order valence-corrected chi connectivity index (χ4v) is 2.63. The average molecular weight is 299 g/mol. The number of hydrogen-bond donors (Lipinski definition) is 2. The number of carbonyl (C=O) groups is 1. The highest BCUT2D eigenvalue weighted by atomic mass is 35.5. The minimum atomic E-state index is -0.369. The maximum Gasteiger partial charge on any atom is 0.244 e. The highest BCUT2D eigenvalue weighted by Gasteiger charge is 2.23. The zero-order valence-electron chi connectivity index (χ0n) is 9.85. The molecule has 0 radical (unpaired) electrons. The molecular weight excluding hydrogens is 288 g/mol. The van der Waals surface area contributed by atoms with E-state index in [9.17, 15) is 4.79 Å². The Morgan fingerprint density at radius 3 is 3.21 bits per heavy atom. The van der Waals surface area contributed by atoms with Crippen molar-refractivity contribution in [1.82, 2.24) is 14.1 Å². The van der Waals surface area contributed by atoms with Gasteiger partial charge in [0.2, 0.25) is 5.91 Å². The number of benzene rings is 1. The van der Waals surface area contributed by atoms with Gasteiger partial charge in [-0.25, -0.2) is 0 Å². The van der Waals surface area contributed by atoms with Crippen LogP contribution < -0.4 is 10.6 Å². The Kier molecular flexibility index (Phi) is 3.61. The van der Waals surface area contributed by atoms with Crippen molar-refractivity contribution in [2.45, 2.75) is 6.04 Å². The molecule has 1 unspecified atom stereocenters. The Labute approximate surface area is 118 Å². The number of rotatable bonds is 2. The third-order valence-electron chi connectivity index (χ3n) is 2.86. The van der Waals surface area contributed by atoms with Crippen LogP contribution in [0.5, 0.6) is 0 Å². The van der Waals surface area contributed by atoms with E-state index in [0.717, 1.165) is 17.2 Å².